The Morgan fingerprint density at radius 2 is 2.44 bits per heavy atom. The predicted molar refractivity (Wildman–Crippen MR) is 69.1 cm³/mol. The molecule has 0 bridgehead atoms. The molecule has 1 aliphatic carbocycles. The van der Waals surface area contributed by atoms with Crippen LogP contribution in [0.2, 0.25) is 0 Å². The molecule has 2 N–H and O–H groups in total. The third kappa shape index (κ3) is 2.77. The smallest absolute Gasteiger partial charge is 0.188 e. The van der Waals surface area contributed by atoms with E-state index in [0.717, 1.165) is 35.3 Å². The van der Waals surface area contributed by atoms with Gasteiger partial charge in [0.25, 0.3) is 0 Å². The first kappa shape index (κ1) is 12.4. The molecule has 1 heterocycles. The molecule has 1 fully saturated rings. The van der Waals surface area contributed by atoms with E-state index in [4.69, 9.17) is 4.74 Å². The number of thiophene rings is 1. The Labute approximate surface area is 108 Å². The van der Waals surface area contributed by atoms with E-state index in [9.17, 15) is 5.11 Å². The number of halogens is 1. The Morgan fingerprint density at radius 1 is 1.62 bits per heavy atom. The van der Waals surface area contributed by atoms with Gasteiger partial charge in [0.1, 0.15) is 0 Å². The fourth-order valence-corrected chi connectivity index (χ4v) is 3.68. The van der Waals surface area contributed by atoms with Crippen LogP contribution >= 0.6 is 27.3 Å². The van der Waals surface area contributed by atoms with Gasteiger partial charge in [-0.05, 0) is 41.3 Å². The Balaban J connectivity index is 1.89. The SMILES string of the molecule is COc1sc(CNC2CCCC2O)cc1Br. The van der Waals surface area contributed by atoms with E-state index in [-0.39, 0.29) is 12.1 Å². The lowest BCUT2D eigenvalue weighted by Gasteiger charge is -2.15. The molecular formula is C11H16BrNO2S. The molecule has 0 saturated heterocycles. The second kappa shape index (κ2) is 5.49. The summed E-state index contributed by atoms with van der Waals surface area (Å²) in [6, 6.07) is 2.32. The van der Waals surface area contributed by atoms with Crippen LogP contribution in [-0.2, 0) is 6.54 Å². The zero-order valence-corrected chi connectivity index (χ0v) is 11.6. The molecule has 0 radical (unpaired) electrons. The Kier molecular flexibility index (Phi) is 4.24. The van der Waals surface area contributed by atoms with Crippen molar-refractivity contribution >= 4 is 27.3 Å². The topological polar surface area (TPSA) is 41.5 Å². The molecule has 5 heteroatoms. The van der Waals surface area contributed by atoms with Crippen LogP contribution in [0.15, 0.2) is 10.5 Å². The third-order valence-corrected chi connectivity index (χ3v) is 4.86. The predicted octanol–water partition coefficient (Wildman–Crippen LogP) is 2.52. The lowest BCUT2D eigenvalue weighted by Crippen LogP contribution is -2.34. The molecule has 0 aliphatic heterocycles. The van der Waals surface area contributed by atoms with E-state index in [1.54, 1.807) is 18.4 Å². The molecule has 0 spiro atoms. The van der Waals surface area contributed by atoms with Crippen molar-refractivity contribution in [3.05, 3.63) is 15.4 Å². The molecule has 1 aromatic rings. The third-order valence-electron chi connectivity index (χ3n) is 2.91. The van der Waals surface area contributed by atoms with E-state index in [0.29, 0.717) is 0 Å². The maximum Gasteiger partial charge on any atom is 0.188 e. The first-order valence-electron chi connectivity index (χ1n) is 5.44. The number of aliphatic hydroxyl groups excluding tert-OH is 1. The largest absolute Gasteiger partial charge is 0.486 e. The summed E-state index contributed by atoms with van der Waals surface area (Å²) in [5.74, 6) is 0. The molecule has 1 aliphatic rings. The van der Waals surface area contributed by atoms with Gasteiger partial charge in [0.05, 0.1) is 17.7 Å². The number of methoxy groups -OCH3 is 1. The van der Waals surface area contributed by atoms with Gasteiger partial charge in [0.2, 0.25) is 0 Å². The number of aliphatic hydroxyl groups is 1. The second-order valence-electron chi connectivity index (χ2n) is 4.04. The highest BCUT2D eigenvalue weighted by Gasteiger charge is 2.24. The minimum Gasteiger partial charge on any atom is -0.486 e. The van der Waals surface area contributed by atoms with Gasteiger partial charge in [-0.1, -0.05) is 0 Å². The lowest BCUT2D eigenvalue weighted by atomic mass is 10.2. The number of hydrogen-bond acceptors (Lipinski definition) is 4. The van der Waals surface area contributed by atoms with Crippen LogP contribution in [0.25, 0.3) is 0 Å². The van der Waals surface area contributed by atoms with E-state index in [1.165, 1.54) is 4.88 Å². The van der Waals surface area contributed by atoms with Gasteiger partial charge in [0.15, 0.2) is 5.06 Å². The number of rotatable bonds is 4. The zero-order chi connectivity index (χ0) is 11.5. The zero-order valence-electron chi connectivity index (χ0n) is 9.20. The number of ether oxygens (including phenoxy) is 1. The van der Waals surface area contributed by atoms with Gasteiger partial charge in [-0.25, -0.2) is 0 Å². The molecular weight excluding hydrogens is 290 g/mol. The molecule has 0 aromatic carbocycles. The fourth-order valence-electron chi connectivity index (χ4n) is 2.03. The molecule has 16 heavy (non-hydrogen) atoms. The van der Waals surface area contributed by atoms with Crippen molar-refractivity contribution in [3.8, 4) is 5.06 Å². The number of hydrogen-bond donors (Lipinski definition) is 2. The summed E-state index contributed by atoms with van der Waals surface area (Å²) >= 11 is 5.08. The van der Waals surface area contributed by atoms with Crippen molar-refractivity contribution in [2.45, 2.75) is 38.0 Å². The molecule has 2 unspecified atom stereocenters. The summed E-state index contributed by atoms with van der Waals surface area (Å²) in [5.41, 5.74) is 0. The quantitative estimate of drug-likeness (QED) is 0.898. The van der Waals surface area contributed by atoms with Gasteiger partial charge in [-0.15, -0.1) is 11.3 Å². The van der Waals surface area contributed by atoms with Crippen LogP contribution in [0.5, 0.6) is 5.06 Å². The lowest BCUT2D eigenvalue weighted by molar-refractivity contribution is 0.149. The summed E-state index contributed by atoms with van der Waals surface area (Å²) in [6.07, 6.45) is 2.95. The monoisotopic (exact) mass is 305 g/mol. The van der Waals surface area contributed by atoms with Crippen LogP contribution in [-0.4, -0.2) is 24.4 Å². The molecule has 3 nitrogen and oxygen atoms in total. The second-order valence-corrected chi connectivity index (χ2v) is 5.99. The van der Waals surface area contributed by atoms with Gasteiger partial charge < -0.3 is 15.2 Å². The van der Waals surface area contributed by atoms with Gasteiger partial charge in [-0.3, -0.25) is 0 Å². The summed E-state index contributed by atoms with van der Waals surface area (Å²) in [5, 5.41) is 14.0. The van der Waals surface area contributed by atoms with Crippen LogP contribution < -0.4 is 10.1 Å². The van der Waals surface area contributed by atoms with Crippen molar-refractivity contribution in [1.29, 1.82) is 0 Å². The van der Waals surface area contributed by atoms with Crippen LogP contribution in [0, 0.1) is 0 Å². The first-order valence-corrected chi connectivity index (χ1v) is 7.05. The Morgan fingerprint density at radius 3 is 3.00 bits per heavy atom. The van der Waals surface area contributed by atoms with Crippen molar-refractivity contribution in [3.63, 3.8) is 0 Å². The van der Waals surface area contributed by atoms with Gasteiger partial charge >= 0.3 is 0 Å². The van der Waals surface area contributed by atoms with Crippen LogP contribution in [0.3, 0.4) is 0 Å². The van der Waals surface area contributed by atoms with Crippen molar-refractivity contribution in [1.82, 2.24) is 5.32 Å². The summed E-state index contributed by atoms with van der Waals surface area (Å²) < 4.78 is 6.22. The molecule has 2 rings (SSSR count). The highest BCUT2D eigenvalue weighted by molar-refractivity contribution is 9.10. The van der Waals surface area contributed by atoms with Crippen molar-refractivity contribution < 1.29 is 9.84 Å². The summed E-state index contributed by atoms with van der Waals surface area (Å²) in [4.78, 5) is 1.22. The minimum atomic E-state index is -0.176. The van der Waals surface area contributed by atoms with Crippen LogP contribution in [0.4, 0.5) is 0 Å². The Bertz CT molecular complexity index is 356. The summed E-state index contributed by atoms with van der Waals surface area (Å²) in [6.45, 7) is 0.800. The average Bonchev–Trinajstić information content (AvgIpc) is 2.82. The van der Waals surface area contributed by atoms with E-state index >= 15 is 0 Å². The highest BCUT2D eigenvalue weighted by atomic mass is 79.9. The molecule has 2 atom stereocenters. The Hall–Kier alpha value is -0.100. The fraction of sp³-hybridized carbons (Fsp3) is 0.636. The highest BCUT2D eigenvalue weighted by Crippen LogP contribution is 2.34. The molecule has 0 amide bonds. The maximum absolute atomic E-state index is 9.68. The van der Waals surface area contributed by atoms with E-state index in [1.807, 2.05) is 0 Å². The first-order chi connectivity index (χ1) is 7.70. The maximum atomic E-state index is 9.68. The summed E-state index contributed by atoms with van der Waals surface area (Å²) in [7, 11) is 1.68. The number of nitrogens with one attached hydrogen (secondary N) is 1. The van der Waals surface area contributed by atoms with E-state index in [2.05, 4.69) is 27.3 Å². The minimum absolute atomic E-state index is 0.176. The van der Waals surface area contributed by atoms with E-state index < -0.39 is 0 Å². The average molecular weight is 306 g/mol. The van der Waals surface area contributed by atoms with Gasteiger partial charge in [-0.2, -0.15) is 0 Å². The molecule has 1 saturated carbocycles. The standard InChI is InChI=1S/C11H16BrNO2S/c1-15-11-8(12)5-7(16-11)6-13-9-3-2-4-10(9)14/h5,9-10,13-14H,2-4,6H2,1H3. The molecule has 90 valence electrons. The molecule has 1 aromatic heterocycles. The van der Waals surface area contributed by atoms with Crippen molar-refractivity contribution in [2.24, 2.45) is 0 Å². The van der Waals surface area contributed by atoms with Gasteiger partial charge in [0, 0.05) is 17.5 Å². The normalized spacial score (nSPS) is 24.9. The van der Waals surface area contributed by atoms with Crippen molar-refractivity contribution in [2.75, 3.05) is 7.11 Å². The van der Waals surface area contributed by atoms with Crippen LogP contribution in [0.1, 0.15) is 24.1 Å².